The minimum Gasteiger partial charge on any atom is -0.389 e. The molecular weight excluding hydrogens is 154 g/mol. The highest BCUT2D eigenvalue weighted by Gasteiger charge is 2.40. The van der Waals surface area contributed by atoms with Crippen LogP contribution in [0.25, 0.3) is 0 Å². The summed E-state index contributed by atoms with van der Waals surface area (Å²) in [5, 5.41) is 19.1. The van der Waals surface area contributed by atoms with Crippen LogP contribution in [0, 0.1) is 0 Å². The van der Waals surface area contributed by atoms with Gasteiger partial charge in [0.05, 0.1) is 11.2 Å². The first-order chi connectivity index (χ1) is 5.35. The predicted molar refractivity (Wildman–Crippen MR) is 48.0 cm³/mol. The zero-order valence-corrected chi connectivity index (χ0v) is 8.17. The van der Waals surface area contributed by atoms with Crippen LogP contribution in [0.15, 0.2) is 0 Å². The van der Waals surface area contributed by atoms with Crippen molar-refractivity contribution in [2.45, 2.75) is 38.4 Å². The van der Waals surface area contributed by atoms with Crippen molar-refractivity contribution in [3.8, 4) is 0 Å². The molecule has 0 radical (unpaired) electrons. The van der Waals surface area contributed by atoms with Gasteiger partial charge in [-0.05, 0) is 20.3 Å². The third kappa shape index (κ3) is 2.44. The second kappa shape index (κ2) is 2.98. The maximum Gasteiger partial charge on any atom is 0.0897 e. The molecule has 0 spiro atoms. The van der Waals surface area contributed by atoms with E-state index in [1.807, 2.05) is 6.92 Å². The molecule has 3 nitrogen and oxygen atoms in total. The van der Waals surface area contributed by atoms with E-state index in [-0.39, 0.29) is 0 Å². The van der Waals surface area contributed by atoms with Crippen molar-refractivity contribution in [3.63, 3.8) is 0 Å². The molecule has 12 heavy (non-hydrogen) atoms. The highest BCUT2D eigenvalue weighted by molar-refractivity contribution is 4.95. The van der Waals surface area contributed by atoms with Gasteiger partial charge in [0.1, 0.15) is 0 Å². The lowest BCUT2D eigenvalue weighted by Crippen LogP contribution is -2.63. The minimum atomic E-state index is -0.644. The smallest absolute Gasteiger partial charge is 0.0897 e. The number of rotatable bonds is 3. The van der Waals surface area contributed by atoms with Gasteiger partial charge in [-0.2, -0.15) is 0 Å². The normalized spacial score (nSPS) is 23.8. The molecule has 1 heterocycles. The first-order valence-corrected chi connectivity index (χ1v) is 4.52. The van der Waals surface area contributed by atoms with E-state index in [1.165, 1.54) is 0 Å². The lowest BCUT2D eigenvalue weighted by Gasteiger charge is -2.48. The predicted octanol–water partition coefficient (Wildman–Crippen LogP) is 0.214. The summed E-state index contributed by atoms with van der Waals surface area (Å²) in [6.07, 6.45) is 0.801. The van der Waals surface area contributed by atoms with E-state index >= 15 is 0 Å². The van der Waals surface area contributed by atoms with Crippen molar-refractivity contribution < 1.29 is 10.2 Å². The standard InChI is InChI=1S/C9H19NO2/c1-4-9(12)6-10(7-9)5-8(2,3)11/h11-12H,4-7H2,1-3H3. The van der Waals surface area contributed by atoms with Gasteiger partial charge in [0.15, 0.2) is 0 Å². The SMILES string of the molecule is CCC1(O)CN(CC(C)(C)O)C1. The molecule has 1 aliphatic rings. The van der Waals surface area contributed by atoms with Crippen LogP contribution in [0.5, 0.6) is 0 Å². The Hall–Kier alpha value is -0.120. The number of hydrogen-bond acceptors (Lipinski definition) is 3. The van der Waals surface area contributed by atoms with E-state index in [4.69, 9.17) is 0 Å². The Bertz CT molecular complexity index is 156. The first kappa shape index (κ1) is 9.96. The van der Waals surface area contributed by atoms with Crippen molar-refractivity contribution in [1.82, 2.24) is 4.90 Å². The van der Waals surface area contributed by atoms with Crippen LogP contribution < -0.4 is 0 Å². The van der Waals surface area contributed by atoms with Crippen LogP contribution in [0.2, 0.25) is 0 Å². The summed E-state index contributed by atoms with van der Waals surface area (Å²) >= 11 is 0. The molecule has 0 aliphatic carbocycles. The Morgan fingerprint density at radius 3 is 2.25 bits per heavy atom. The molecule has 3 heteroatoms. The summed E-state index contributed by atoms with van der Waals surface area (Å²) in [5.74, 6) is 0. The topological polar surface area (TPSA) is 43.7 Å². The Balaban J connectivity index is 2.26. The molecule has 0 unspecified atom stereocenters. The Kier molecular flexibility index (Phi) is 2.47. The molecule has 0 aromatic rings. The fourth-order valence-electron chi connectivity index (χ4n) is 1.67. The van der Waals surface area contributed by atoms with Crippen LogP contribution in [0.4, 0.5) is 0 Å². The van der Waals surface area contributed by atoms with Gasteiger partial charge in [-0.1, -0.05) is 6.92 Å². The van der Waals surface area contributed by atoms with Crippen molar-refractivity contribution >= 4 is 0 Å². The largest absolute Gasteiger partial charge is 0.389 e. The number of β-amino-alcohol motifs (C(OH)–C–C–N with tert-alkyl or cyclic N) is 2. The Labute approximate surface area is 74.0 Å². The summed E-state index contributed by atoms with van der Waals surface area (Å²) in [4.78, 5) is 2.07. The van der Waals surface area contributed by atoms with Gasteiger partial charge >= 0.3 is 0 Å². The van der Waals surface area contributed by atoms with Crippen molar-refractivity contribution in [3.05, 3.63) is 0 Å². The van der Waals surface area contributed by atoms with Gasteiger partial charge in [0.2, 0.25) is 0 Å². The third-order valence-corrected chi connectivity index (χ3v) is 2.30. The lowest BCUT2D eigenvalue weighted by atomic mass is 9.90. The van der Waals surface area contributed by atoms with Gasteiger partial charge in [-0.25, -0.2) is 0 Å². The van der Waals surface area contributed by atoms with E-state index < -0.39 is 11.2 Å². The molecule has 72 valence electrons. The average molecular weight is 173 g/mol. The molecule has 0 saturated carbocycles. The summed E-state index contributed by atoms with van der Waals surface area (Å²) in [5.41, 5.74) is -1.12. The minimum absolute atomic E-state index is 0.481. The highest BCUT2D eigenvalue weighted by Crippen LogP contribution is 2.25. The molecule has 0 aromatic carbocycles. The van der Waals surface area contributed by atoms with E-state index in [1.54, 1.807) is 13.8 Å². The van der Waals surface area contributed by atoms with Gasteiger partial charge in [0.25, 0.3) is 0 Å². The van der Waals surface area contributed by atoms with Crippen LogP contribution in [0.1, 0.15) is 27.2 Å². The van der Waals surface area contributed by atoms with Crippen LogP contribution in [0.3, 0.4) is 0 Å². The molecule has 2 N–H and O–H groups in total. The van der Waals surface area contributed by atoms with Gasteiger partial charge < -0.3 is 10.2 Å². The van der Waals surface area contributed by atoms with E-state index in [0.717, 1.165) is 6.42 Å². The maximum atomic E-state index is 9.66. The van der Waals surface area contributed by atoms with Crippen molar-refractivity contribution in [2.24, 2.45) is 0 Å². The number of aliphatic hydroxyl groups is 2. The Morgan fingerprint density at radius 2 is 1.92 bits per heavy atom. The number of likely N-dealkylation sites (tertiary alicyclic amines) is 1. The zero-order chi connectivity index (χ0) is 9.41. The summed E-state index contributed by atoms with van der Waals surface area (Å²) < 4.78 is 0. The fourth-order valence-corrected chi connectivity index (χ4v) is 1.67. The zero-order valence-electron chi connectivity index (χ0n) is 8.17. The molecule has 0 aromatic heterocycles. The second-order valence-corrected chi connectivity index (χ2v) is 4.54. The molecule has 1 rings (SSSR count). The van der Waals surface area contributed by atoms with Gasteiger partial charge in [-0.15, -0.1) is 0 Å². The van der Waals surface area contributed by atoms with Crippen LogP contribution >= 0.6 is 0 Å². The van der Waals surface area contributed by atoms with Crippen LogP contribution in [-0.2, 0) is 0 Å². The van der Waals surface area contributed by atoms with Gasteiger partial charge in [0, 0.05) is 19.6 Å². The quantitative estimate of drug-likeness (QED) is 0.641. The summed E-state index contributed by atoms with van der Waals surface area (Å²) in [7, 11) is 0. The molecule has 1 saturated heterocycles. The second-order valence-electron chi connectivity index (χ2n) is 4.54. The van der Waals surface area contributed by atoms with E-state index in [0.29, 0.717) is 19.6 Å². The van der Waals surface area contributed by atoms with Gasteiger partial charge in [-0.3, -0.25) is 4.90 Å². The average Bonchev–Trinajstić information content (AvgIpc) is 1.81. The summed E-state index contributed by atoms with van der Waals surface area (Å²) in [6.45, 7) is 7.62. The molecule has 0 atom stereocenters. The fraction of sp³-hybridized carbons (Fsp3) is 1.00. The summed E-state index contributed by atoms with van der Waals surface area (Å²) in [6, 6.07) is 0. The third-order valence-electron chi connectivity index (χ3n) is 2.30. The first-order valence-electron chi connectivity index (χ1n) is 4.52. The molecule has 0 amide bonds. The number of nitrogens with zero attached hydrogens (tertiary/aromatic N) is 1. The van der Waals surface area contributed by atoms with E-state index in [9.17, 15) is 10.2 Å². The highest BCUT2D eigenvalue weighted by atomic mass is 16.3. The Morgan fingerprint density at radius 1 is 1.42 bits per heavy atom. The molecular formula is C9H19NO2. The lowest BCUT2D eigenvalue weighted by molar-refractivity contribution is -0.120. The molecule has 0 bridgehead atoms. The van der Waals surface area contributed by atoms with Crippen molar-refractivity contribution in [2.75, 3.05) is 19.6 Å². The van der Waals surface area contributed by atoms with Crippen molar-refractivity contribution in [1.29, 1.82) is 0 Å². The number of hydrogen-bond donors (Lipinski definition) is 2. The molecule has 1 aliphatic heterocycles. The van der Waals surface area contributed by atoms with E-state index in [2.05, 4.69) is 4.90 Å². The van der Waals surface area contributed by atoms with Crippen LogP contribution in [-0.4, -0.2) is 45.9 Å². The maximum absolute atomic E-state index is 9.66. The molecule has 1 fully saturated rings. The monoisotopic (exact) mass is 173 g/mol.